The molecule has 2 aromatic rings. The Morgan fingerprint density at radius 2 is 1.89 bits per heavy atom. The Morgan fingerprint density at radius 1 is 1.21 bits per heavy atom. The Hall–Kier alpha value is -2.80. The first-order chi connectivity index (χ1) is 9.17. The van der Waals surface area contributed by atoms with Crippen molar-refractivity contribution in [1.82, 2.24) is 0 Å². The van der Waals surface area contributed by atoms with Crippen molar-refractivity contribution in [3.05, 3.63) is 59.2 Å². The third-order valence-corrected chi connectivity index (χ3v) is 2.70. The van der Waals surface area contributed by atoms with Gasteiger partial charge in [0.2, 0.25) is 0 Å². The van der Waals surface area contributed by atoms with Gasteiger partial charge in [0.1, 0.15) is 11.8 Å². The SMILES string of the molecule is COc1cc(C(=O)c2ccccc2)c([O])cc1C#N. The van der Waals surface area contributed by atoms with Gasteiger partial charge in [-0.05, 0) is 6.07 Å². The van der Waals surface area contributed by atoms with E-state index in [4.69, 9.17) is 10.00 Å². The molecule has 0 bridgehead atoms. The zero-order valence-electron chi connectivity index (χ0n) is 10.2. The summed E-state index contributed by atoms with van der Waals surface area (Å²) < 4.78 is 5.00. The van der Waals surface area contributed by atoms with Crippen LogP contribution in [0.1, 0.15) is 21.5 Å². The quantitative estimate of drug-likeness (QED) is 0.788. The van der Waals surface area contributed by atoms with Crippen LogP contribution in [0.4, 0.5) is 0 Å². The Kier molecular flexibility index (Phi) is 3.48. The summed E-state index contributed by atoms with van der Waals surface area (Å²) >= 11 is 0. The van der Waals surface area contributed by atoms with E-state index in [-0.39, 0.29) is 22.7 Å². The van der Waals surface area contributed by atoms with Crippen molar-refractivity contribution in [2.24, 2.45) is 0 Å². The number of hydrogen-bond acceptors (Lipinski definition) is 3. The molecule has 0 spiro atoms. The summed E-state index contributed by atoms with van der Waals surface area (Å²) in [5, 5.41) is 20.7. The van der Waals surface area contributed by atoms with Gasteiger partial charge in [0, 0.05) is 11.6 Å². The van der Waals surface area contributed by atoms with Crippen molar-refractivity contribution in [2.45, 2.75) is 0 Å². The Balaban J connectivity index is 2.52. The molecular weight excluding hydrogens is 242 g/mol. The van der Waals surface area contributed by atoms with Gasteiger partial charge in [-0.3, -0.25) is 9.90 Å². The summed E-state index contributed by atoms with van der Waals surface area (Å²) in [7, 11) is 1.39. The van der Waals surface area contributed by atoms with Crippen LogP contribution in [0.2, 0.25) is 0 Å². The monoisotopic (exact) mass is 252 g/mol. The highest BCUT2D eigenvalue weighted by Gasteiger charge is 2.18. The largest absolute Gasteiger partial charge is 0.495 e. The number of ether oxygens (including phenoxy) is 1. The van der Waals surface area contributed by atoms with E-state index in [1.807, 2.05) is 6.07 Å². The average molecular weight is 252 g/mol. The zero-order valence-corrected chi connectivity index (χ0v) is 10.2. The van der Waals surface area contributed by atoms with Gasteiger partial charge in [-0.25, -0.2) is 0 Å². The molecule has 2 aromatic carbocycles. The average Bonchev–Trinajstić information content (AvgIpc) is 2.47. The maximum absolute atomic E-state index is 12.2. The minimum Gasteiger partial charge on any atom is -0.495 e. The van der Waals surface area contributed by atoms with Crippen LogP contribution in [0.25, 0.3) is 0 Å². The third kappa shape index (κ3) is 2.40. The molecule has 2 rings (SSSR count). The van der Waals surface area contributed by atoms with E-state index in [1.165, 1.54) is 13.2 Å². The lowest BCUT2D eigenvalue weighted by Gasteiger charge is -2.07. The summed E-state index contributed by atoms with van der Waals surface area (Å²) in [4.78, 5) is 12.2. The molecule has 0 atom stereocenters. The predicted molar refractivity (Wildman–Crippen MR) is 67.7 cm³/mol. The summed E-state index contributed by atoms with van der Waals surface area (Å²) in [5.74, 6) is -0.638. The van der Waals surface area contributed by atoms with E-state index in [1.54, 1.807) is 30.3 Å². The lowest BCUT2D eigenvalue weighted by Crippen LogP contribution is -2.02. The minimum atomic E-state index is -0.480. The van der Waals surface area contributed by atoms with Gasteiger partial charge in [-0.15, -0.1) is 0 Å². The summed E-state index contributed by atoms with van der Waals surface area (Å²) in [6.45, 7) is 0. The smallest absolute Gasteiger partial charge is 0.197 e. The third-order valence-electron chi connectivity index (χ3n) is 2.70. The molecule has 0 saturated heterocycles. The van der Waals surface area contributed by atoms with E-state index < -0.39 is 5.75 Å². The fraction of sp³-hybridized carbons (Fsp3) is 0.0667. The molecule has 0 aliphatic rings. The van der Waals surface area contributed by atoms with E-state index in [0.29, 0.717) is 5.56 Å². The highest BCUT2D eigenvalue weighted by Crippen LogP contribution is 2.29. The zero-order chi connectivity index (χ0) is 13.8. The molecule has 0 aliphatic carbocycles. The molecule has 1 radical (unpaired) electrons. The summed E-state index contributed by atoms with van der Waals surface area (Å²) in [6.07, 6.45) is 0. The fourth-order valence-electron chi connectivity index (χ4n) is 1.74. The number of methoxy groups -OCH3 is 1. The second-order valence-electron chi connectivity index (χ2n) is 3.86. The van der Waals surface area contributed by atoms with Gasteiger partial charge in [0.05, 0.1) is 18.2 Å². The minimum absolute atomic E-state index is 0.00190. The second kappa shape index (κ2) is 5.23. The first-order valence-corrected chi connectivity index (χ1v) is 5.56. The fourth-order valence-corrected chi connectivity index (χ4v) is 1.74. The molecule has 0 amide bonds. The van der Waals surface area contributed by atoms with Gasteiger partial charge < -0.3 is 4.74 Å². The van der Waals surface area contributed by atoms with Gasteiger partial charge in [0.15, 0.2) is 11.5 Å². The molecule has 0 heterocycles. The molecule has 4 heteroatoms. The second-order valence-corrected chi connectivity index (χ2v) is 3.86. The van der Waals surface area contributed by atoms with E-state index in [0.717, 1.165) is 6.07 Å². The van der Waals surface area contributed by atoms with Crippen LogP contribution in [-0.2, 0) is 5.11 Å². The molecule has 4 nitrogen and oxygen atoms in total. The molecule has 0 fully saturated rings. The molecular formula is C15H10NO3. The number of nitriles is 1. The molecule has 0 saturated carbocycles. The first kappa shape index (κ1) is 12.7. The van der Waals surface area contributed by atoms with Crippen LogP contribution in [0.3, 0.4) is 0 Å². The van der Waals surface area contributed by atoms with Crippen LogP contribution in [0.15, 0.2) is 42.5 Å². The number of carbonyl (C=O) groups is 1. The van der Waals surface area contributed by atoms with Crippen molar-refractivity contribution in [3.63, 3.8) is 0 Å². The Morgan fingerprint density at radius 3 is 2.47 bits per heavy atom. The highest BCUT2D eigenvalue weighted by atomic mass is 16.5. The maximum atomic E-state index is 12.2. The maximum Gasteiger partial charge on any atom is 0.197 e. The van der Waals surface area contributed by atoms with Crippen molar-refractivity contribution >= 4 is 5.78 Å². The number of benzene rings is 2. The summed E-state index contributed by atoms with van der Waals surface area (Å²) in [6, 6.07) is 12.8. The molecule has 0 N–H and O–H groups in total. The summed E-state index contributed by atoms with van der Waals surface area (Å²) in [5.41, 5.74) is 0.547. The van der Waals surface area contributed by atoms with Crippen molar-refractivity contribution < 1.29 is 14.6 Å². The molecule has 19 heavy (non-hydrogen) atoms. The highest BCUT2D eigenvalue weighted by molar-refractivity contribution is 6.11. The number of carbonyl (C=O) groups excluding carboxylic acids is 1. The topological polar surface area (TPSA) is 70.0 Å². The van der Waals surface area contributed by atoms with Crippen LogP contribution in [-0.4, -0.2) is 12.9 Å². The number of rotatable bonds is 3. The van der Waals surface area contributed by atoms with Crippen molar-refractivity contribution in [2.75, 3.05) is 7.11 Å². The molecule has 0 aromatic heterocycles. The van der Waals surface area contributed by atoms with Gasteiger partial charge >= 0.3 is 0 Å². The number of hydrogen-bond donors (Lipinski definition) is 0. The Labute approximate surface area is 110 Å². The van der Waals surface area contributed by atoms with Crippen LogP contribution >= 0.6 is 0 Å². The van der Waals surface area contributed by atoms with Gasteiger partial charge in [0.25, 0.3) is 0 Å². The van der Waals surface area contributed by atoms with Crippen LogP contribution in [0.5, 0.6) is 11.5 Å². The normalized spacial score (nSPS) is 9.68. The van der Waals surface area contributed by atoms with E-state index in [2.05, 4.69) is 0 Å². The Bertz CT molecular complexity index is 657. The van der Waals surface area contributed by atoms with Crippen LogP contribution < -0.4 is 4.74 Å². The van der Waals surface area contributed by atoms with E-state index in [9.17, 15) is 9.90 Å². The molecule has 93 valence electrons. The lowest BCUT2D eigenvalue weighted by atomic mass is 10.0. The van der Waals surface area contributed by atoms with Gasteiger partial charge in [-0.2, -0.15) is 5.26 Å². The van der Waals surface area contributed by atoms with Crippen molar-refractivity contribution in [1.29, 1.82) is 5.26 Å². The standard InChI is InChI=1S/C15H10NO3/c1-19-14-8-12(13(17)7-11(14)9-16)15(18)10-5-3-2-4-6-10/h2-8H,1H3. The molecule has 0 aliphatic heterocycles. The molecule has 0 unspecified atom stereocenters. The number of ketones is 1. The van der Waals surface area contributed by atoms with Crippen LogP contribution in [0, 0.1) is 11.3 Å². The van der Waals surface area contributed by atoms with Gasteiger partial charge in [-0.1, -0.05) is 30.3 Å². The number of nitrogens with zero attached hydrogens (tertiary/aromatic N) is 1. The van der Waals surface area contributed by atoms with E-state index >= 15 is 0 Å². The predicted octanol–water partition coefficient (Wildman–Crippen LogP) is 2.94. The lowest BCUT2D eigenvalue weighted by molar-refractivity contribution is 0.103. The first-order valence-electron chi connectivity index (χ1n) is 5.56. The van der Waals surface area contributed by atoms with Crippen molar-refractivity contribution in [3.8, 4) is 17.6 Å².